The highest BCUT2D eigenvalue weighted by Crippen LogP contribution is 2.43. The van der Waals surface area contributed by atoms with Gasteiger partial charge in [-0.2, -0.15) is 0 Å². The van der Waals surface area contributed by atoms with Gasteiger partial charge in [0.15, 0.2) is 0 Å². The standard InChI is InChI=1S/C14H19NO5/c1-9(16)15-8-4-7-14(15)12(19-10(2)17)5-6-13(14)20-11(3)18/h5-6,12-13H,4,7-8H2,1-3H3/t12-,13+,14?. The predicted octanol–water partition coefficient (Wildman–Crippen LogP) is 0.801. The molecule has 0 aromatic rings. The number of likely N-dealkylation sites (tertiary alicyclic amines) is 1. The topological polar surface area (TPSA) is 72.9 Å². The van der Waals surface area contributed by atoms with E-state index in [1.165, 1.54) is 20.8 Å². The SMILES string of the molecule is CC(=O)O[C@H]1C=C[C@@H](OC(C)=O)C12CCCN2C(C)=O. The van der Waals surface area contributed by atoms with Crippen molar-refractivity contribution in [1.29, 1.82) is 0 Å². The molecule has 1 unspecified atom stereocenters. The van der Waals surface area contributed by atoms with E-state index in [2.05, 4.69) is 0 Å². The van der Waals surface area contributed by atoms with Crippen molar-refractivity contribution in [2.24, 2.45) is 0 Å². The van der Waals surface area contributed by atoms with Gasteiger partial charge < -0.3 is 14.4 Å². The van der Waals surface area contributed by atoms with Gasteiger partial charge in [-0.1, -0.05) is 0 Å². The fourth-order valence-electron chi connectivity index (χ4n) is 3.24. The van der Waals surface area contributed by atoms with E-state index in [0.29, 0.717) is 13.0 Å². The van der Waals surface area contributed by atoms with E-state index in [4.69, 9.17) is 9.47 Å². The average Bonchev–Trinajstić information content (AvgIpc) is 2.88. The second-order valence-corrected chi connectivity index (χ2v) is 5.21. The quantitative estimate of drug-likeness (QED) is 0.553. The molecule has 6 heteroatoms. The lowest BCUT2D eigenvalue weighted by Gasteiger charge is -2.42. The lowest BCUT2D eigenvalue weighted by atomic mass is 9.88. The Morgan fingerprint density at radius 2 is 1.55 bits per heavy atom. The molecule has 0 aromatic carbocycles. The van der Waals surface area contributed by atoms with Crippen molar-refractivity contribution in [3.63, 3.8) is 0 Å². The molecule has 2 rings (SSSR count). The van der Waals surface area contributed by atoms with E-state index >= 15 is 0 Å². The Kier molecular flexibility index (Phi) is 3.83. The van der Waals surface area contributed by atoms with Gasteiger partial charge in [0.25, 0.3) is 0 Å². The molecule has 0 bridgehead atoms. The third-order valence-corrected chi connectivity index (χ3v) is 3.87. The number of amides is 1. The van der Waals surface area contributed by atoms with Crippen LogP contribution in [0.5, 0.6) is 0 Å². The minimum Gasteiger partial charge on any atom is -0.456 e. The first-order chi connectivity index (χ1) is 9.37. The van der Waals surface area contributed by atoms with Gasteiger partial charge in [0.05, 0.1) is 0 Å². The summed E-state index contributed by atoms with van der Waals surface area (Å²) in [6, 6.07) is 0. The van der Waals surface area contributed by atoms with E-state index in [-0.39, 0.29) is 5.91 Å². The van der Waals surface area contributed by atoms with Crippen LogP contribution in [-0.4, -0.2) is 47.0 Å². The smallest absolute Gasteiger partial charge is 0.303 e. The first-order valence-electron chi connectivity index (χ1n) is 6.69. The molecule has 0 saturated carbocycles. The molecule has 1 aliphatic heterocycles. The van der Waals surface area contributed by atoms with E-state index in [1.807, 2.05) is 0 Å². The summed E-state index contributed by atoms with van der Waals surface area (Å²) in [5.41, 5.74) is -0.789. The molecule has 2 aliphatic rings. The van der Waals surface area contributed by atoms with Crippen molar-refractivity contribution in [2.75, 3.05) is 6.54 Å². The molecule has 1 amide bonds. The monoisotopic (exact) mass is 281 g/mol. The average molecular weight is 281 g/mol. The number of carbonyl (C=O) groups excluding carboxylic acids is 3. The van der Waals surface area contributed by atoms with Crippen LogP contribution in [0.1, 0.15) is 33.6 Å². The molecule has 20 heavy (non-hydrogen) atoms. The minimum atomic E-state index is -0.789. The van der Waals surface area contributed by atoms with Crippen LogP contribution in [-0.2, 0) is 23.9 Å². The van der Waals surface area contributed by atoms with Crippen molar-refractivity contribution in [3.8, 4) is 0 Å². The maximum absolute atomic E-state index is 11.9. The Balaban J connectivity index is 2.36. The lowest BCUT2D eigenvalue weighted by Crippen LogP contribution is -2.60. The molecule has 1 fully saturated rings. The fourth-order valence-corrected chi connectivity index (χ4v) is 3.24. The molecule has 1 aliphatic carbocycles. The number of carbonyl (C=O) groups is 3. The first-order valence-corrected chi connectivity index (χ1v) is 6.69. The number of hydrogen-bond acceptors (Lipinski definition) is 5. The summed E-state index contributed by atoms with van der Waals surface area (Å²) in [5.74, 6) is -0.948. The fraction of sp³-hybridized carbons (Fsp3) is 0.643. The zero-order valence-corrected chi connectivity index (χ0v) is 11.9. The van der Waals surface area contributed by atoms with Crippen LogP contribution in [0, 0.1) is 0 Å². The molecule has 6 nitrogen and oxygen atoms in total. The molecule has 0 N–H and O–H groups in total. The lowest BCUT2D eigenvalue weighted by molar-refractivity contribution is -0.166. The van der Waals surface area contributed by atoms with Crippen LogP contribution >= 0.6 is 0 Å². The number of hydrogen-bond donors (Lipinski definition) is 0. The van der Waals surface area contributed by atoms with Crippen LogP contribution in [0.25, 0.3) is 0 Å². The van der Waals surface area contributed by atoms with Gasteiger partial charge in [0.1, 0.15) is 17.7 Å². The predicted molar refractivity (Wildman–Crippen MR) is 69.6 cm³/mol. The minimum absolute atomic E-state index is 0.111. The van der Waals surface area contributed by atoms with Gasteiger partial charge in [-0.15, -0.1) is 0 Å². The molecular formula is C14H19NO5. The van der Waals surface area contributed by atoms with Crippen molar-refractivity contribution in [1.82, 2.24) is 4.90 Å². The molecule has 3 atom stereocenters. The van der Waals surface area contributed by atoms with E-state index in [0.717, 1.165) is 6.42 Å². The summed E-state index contributed by atoms with van der Waals surface area (Å²) in [5, 5.41) is 0. The highest BCUT2D eigenvalue weighted by Gasteiger charge is 2.58. The highest BCUT2D eigenvalue weighted by molar-refractivity contribution is 5.76. The third kappa shape index (κ3) is 2.30. The Bertz CT molecular complexity index is 444. The van der Waals surface area contributed by atoms with E-state index in [1.54, 1.807) is 17.1 Å². The summed E-state index contributed by atoms with van der Waals surface area (Å²) in [7, 11) is 0. The van der Waals surface area contributed by atoms with Gasteiger partial charge in [0, 0.05) is 27.3 Å². The normalized spacial score (nSPS) is 31.6. The van der Waals surface area contributed by atoms with Crippen LogP contribution in [0.3, 0.4) is 0 Å². The van der Waals surface area contributed by atoms with Crippen LogP contribution in [0.4, 0.5) is 0 Å². The van der Waals surface area contributed by atoms with Crippen molar-refractivity contribution >= 4 is 17.8 Å². The summed E-state index contributed by atoms with van der Waals surface area (Å²) >= 11 is 0. The van der Waals surface area contributed by atoms with Crippen molar-refractivity contribution in [2.45, 2.75) is 51.4 Å². The zero-order valence-electron chi connectivity index (χ0n) is 11.9. The first kappa shape index (κ1) is 14.6. The number of esters is 2. The summed E-state index contributed by atoms with van der Waals surface area (Å²) in [6.45, 7) is 4.70. The summed E-state index contributed by atoms with van der Waals surface area (Å²) < 4.78 is 10.7. The summed E-state index contributed by atoms with van der Waals surface area (Å²) in [4.78, 5) is 36.1. The van der Waals surface area contributed by atoms with Crippen molar-refractivity contribution < 1.29 is 23.9 Å². The maximum atomic E-state index is 11.9. The van der Waals surface area contributed by atoms with Crippen LogP contribution in [0.15, 0.2) is 12.2 Å². The second-order valence-electron chi connectivity index (χ2n) is 5.21. The van der Waals surface area contributed by atoms with Gasteiger partial charge in [-0.25, -0.2) is 0 Å². The third-order valence-electron chi connectivity index (χ3n) is 3.87. The number of ether oxygens (including phenoxy) is 2. The van der Waals surface area contributed by atoms with Crippen molar-refractivity contribution in [3.05, 3.63) is 12.2 Å². The molecule has 110 valence electrons. The molecule has 1 saturated heterocycles. The van der Waals surface area contributed by atoms with Gasteiger partial charge >= 0.3 is 11.9 Å². The van der Waals surface area contributed by atoms with E-state index in [9.17, 15) is 14.4 Å². The molecule has 1 heterocycles. The summed E-state index contributed by atoms with van der Waals surface area (Å²) in [6.07, 6.45) is 3.69. The zero-order chi connectivity index (χ0) is 14.9. The maximum Gasteiger partial charge on any atom is 0.303 e. The van der Waals surface area contributed by atoms with Gasteiger partial charge in [-0.3, -0.25) is 14.4 Å². The van der Waals surface area contributed by atoms with Gasteiger partial charge in [-0.05, 0) is 25.0 Å². The van der Waals surface area contributed by atoms with Crippen LogP contribution in [0.2, 0.25) is 0 Å². The largest absolute Gasteiger partial charge is 0.456 e. The molecule has 0 radical (unpaired) electrons. The molecular weight excluding hydrogens is 262 g/mol. The Morgan fingerprint density at radius 3 is 1.95 bits per heavy atom. The van der Waals surface area contributed by atoms with Gasteiger partial charge in [0.2, 0.25) is 5.91 Å². The molecule has 0 aromatic heterocycles. The van der Waals surface area contributed by atoms with Crippen LogP contribution < -0.4 is 0 Å². The Hall–Kier alpha value is -1.85. The number of nitrogens with zero attached hydrogens (tertiary/aromatic N) is 1. The van der Waals surface area contributed by atoms with E-state index < -0.39 is 29.7 Å². The Labute approximate surface area is 117 Å². The Morgan fingerprint density at radius 1 is 1.05 bits per heavy atom. The number of rotatable bonds is 2. The highest BCUT2D eigenvalue weighted by atomic mass is 16.6. The second kappa shape index (κ2) is 5.26. The molecule has 1 spiro atoms.